The Bertz CT molecular complexity index is 1330. The van der Waals surface area contributed by atoms with Crippen LogP contribution in [0.1, 0.15) is 15.9 Å². The van der Waals surface area contributed by atoms with E-state index >= 15 is 0 Å². The summed E-state index contributed by atoms with van der Waals surface area (Å²) in [5.74, 6) is 0.608. The fourth-order valence-electron chi connectivity index (χ4n) is 3.46. The maximum Gasteiger partial charge on any atom is 0.362 e. The Hall–Kier alpha value is -4.26. The molecule has 0 atom stereocenters. The van der Waals surface area contributed by atoms with Gasteiger partial charge in [-0.1, -0.05) is 42.5 Å². The molecule has 1 aromatic heterocycles. The van der Waals surface area contributed by atoms with E-state index in [9.17, 15) is 9.59 Å². The van der Waals surface area contributed by atoms with Crippen LogP contribution >= 0.6 is 0 Å². The molecule has 2 heterocycles. The van der Waals surface area contributed by atoms with Crippen molar-refractivity contribution >= 4 is 28.3 Å². The minimum Gasteiger partial charge on any atom is -0.454 e. The summed E-state index contributed by atoms with van der Waals surface area (Å²) in [5, 5.41) is 6.70. The fourth-order valence-corrected chi connectivity index (χ4v) is 3.46. The molecule has 154 valence electrons. The monoisotopic (exact) mass is 414 g/mol. The van der Waals surface area contributed by atoms with Gasteiger partial charge in [-0.2, -0.15) is 0 Å². The van der Waals surface area contributed by atoms with Crippen molar-refractivity contribution in [3.63, 3.8) is 0 Å². The first kappa shape index (κ1) is 18.7. The standard InChI is InChI=1S/C24H18N2O5/c27-23(16-10-11-19-20(12-16)30-14-29-19)26-22-21(25-13-15-6-2-1-3-7-15)17-8-4-5-9-18(17)31-24(22)28/h1-12,25H,13-14H2,(H,26,27). The van der Waals surface area contributed by atoms with Crippen LogP contribution in [0.5, 0.6) is 11.5 Å². The SMILES string of the molecule is O=C(Nc1c(NCc2ccccc2)c2ccccc2oc1=O)c1ccc2c(c1)OCO2. The van der Waals surface area contributed by atoms with Gasteiger partial charge in [-0.25, -0.2) is 4.79 Å². The van der Waals surface area contributed by atoms with Gasteiger partial charge in [0.1, 0.15) is 5.58 Å². The summed E-state index contributed by atoms with van der Waals surface area (Å²) in [6.45, 7) is 0.587. The van der Waals surface area contributed by atoms with E-state index in [-0.39, 0.29) is 12.5 Å². The van der Waals surface area contributed by atoms with Gasteiger partial charge < -0.3 is 24.5 Å². The molecule has 0 saturated heterocycles. The molecule has 7 heteroatoms. The zero-order valence-corrected chi connectivity index (χ0v) is 16.4. The number of carbonyl (C=O) groups excluding carboxylic acids is 1. The Kier molecular flexibility index (Phi) is 4.76. The smallest absolute Gasteiger partial charge is 0.362 e. The van der Waals surface area contributed by atoms with E-state index in [0.717, 1.165) is 5.56 Å². The summed E-state index contributed by atoms with van der Waals surface area (Å²) >= 11 is 0. The molecule has 1 aliphatic heterocycles. The number of rotatable bonds is 5. The van der Waals surface area contributed by atoms with Crippen molar-refractivity contribution in [2.24, 2.45) is 0 Å². The molecule has 7 nitrogen and oxygen atoms in total. The number of benzene rings is 3. The van der Waals surface area contributed by atoms with Crippen molar-refractivity contribution in [2.75, 3.05) is 17.4 Å². The van der Waals surface area contributed by atoms with Crippen molar-refractivity contribution in [2.45, 2.75) is 6.54 Å². The molecule has 0 unspecified atom stereocenters. The number of nitrogens with one attached hydrogen (secondary N) is 2. The Balaban J connectivity index is 1.51. The summed E-state index contributed by atoms with van der Waals surface area (Å²) < 4.78 is 16.1. The number of amides is 1. The predicted octanol–water partition coefficient (Wildman–Crippen LogP) is 4.39. The normalized spacial score (nSPS) is 12.0. The molecule has 0 aliphatic carbocycles. The molecule has 31 heavy (non-hydrogen) atoms. The molecule has 0 fully saturated rings. The first-order valence-corrected chi connectivity index (χ1v) is 9.74. The average Bonchev–Trinajstić information content (AvgIpc) is 3.27. The molecule has 0 saturated carbocycles. The second-order valence-electron chi connectivity index (χ2n) is 7.00. The van der Waals surface area contributed by atoms with Gasteiger partial charge >= 0.3 is 5.63 Å². The lowest BCUT2D eigenvalue weighted by molar-refractivity contribution is 0.102. The van der Waals surface area contributed by atoms with Gasteiger partial charge in [-0.05, 0) is 35.9 Å². The highest BCUT2D eigenvalue weighted by Gasteiger charge is 2.20. The van der Waals surface area contributed by atoms with Gasteiger partial charge in [0.15, 0.2) is 17.2 Å². The van der Waals surface area contributed by atoms with Crippen LogP contribution in [0.3, 0.4) is 0 Å². The number of anilines is 2. The lowest BCUT2D eigenvalue weighted by Crippen LogP contribution is -2.20. The van der Waals surface area contributed by atoms with Crippen LogP contribution in [0.25, 0.3) is 11.0 Å². The van der Waals surface area contributed by atoms with Crippen LogP contribution < -0.4 is 25.7 Å². The second-order valence-corrected chi connectivity index (χ2v) is 7.00. The van der Waals surface area contributed by atoms with Crippen LogP contribution in [-0.2, 0) is 6.54 Å². The Morgan fingerprint density at radius 2 is 1.65 bits per heavy atom. The highest BCUT2D eigenvalue weighted by atomic mass is 16.7. The minimum absolute atomic E-state index is 0.0531. The maximum absolute atomic E-state index is 12.9. The van der Waals surface area contributed by atoms with Gasteiger partial charge in [-0.3, -0.25) is 4.79 Å². The zero-order valence-electron chi connectivity index (χ0n) is 16.4. The highest BCUT2D eigenvalue weighted by Crippen LogP contribution is 2.33. The average molecular weight is 414 g/mol. The van der Waals surface area contributed by atoms with Crippen molar-refractivity contribution in [3.05, 3.63) is 94.3 Å². The molecule has 1 aliphatic rings. The van der Waals surface area contributed by atoms with Gasteiger partial charge in [-0.15, -0.1) is 0 Å². The molecule has 5 rings (SSSR count). The Morgan fingerprint density at radius 1 is 0.871 bits per heavy atom. The molecule has 3 aromatic carbocycles. The van der Waals surface area contributed by atoms with Crippen LogP contribution in [0.2, 0.25) is 0 Å². The van der Waals surface area contributed by atoms with E-state index in [1.165, 1.54) is 0 Å². The van der Waals surface area contributed by atoms with Gasteiger partial charge in [0.2, 0.25) is 6.79 Å². The van der Waals surface area contributed by atoms with E-state index in [1.807, 2.05) is 42.5 Å². The molecule has 0 bridgehead atoms. The third-order valence-corrected chi connectivity index (χ3v) is 5.00. The van der Waals surface area contributed by atoms with Gasteiger partial charge in [0, 0.05) is 17.5 Å². The number of fused-ring (bicyclic) bond motifs is 2. The number of carbonyl (C=O) groups is 1. The van der Waals surface area contributed by atoms with E-state index in [2.05, 4.69) is 10.6 Å². The largest absolute Gasteiger partial charge is 0.454 e. The lowest BCUT2D eigenvalue weighted by atomic mass is 10.1. The topological polar surface area (TPSA) is 89.8 Å². The molecule has 4 aromatic rings. The van der Waals surface area contributed by atoms with Crippen molar-refractivity contribution < 1.29 is 18.7 Å². The van der Waals surface area contributed by atoms with Crippen molar-refractivity contribution in [3.8, 4) is 11.5 Å². The number of hydrogen-bond donors (Lipinski definition) is 2. The zero-order chi connectivity index (χ0) is 21.2. The van der Waals surface area contributed by atoms with Crippen LogP contribution in [0.4, 0.5) is 11.4 Å². The van der Waals surface area contributed by atoms with Gasteiger partial charge in [0.05, 0.1) is 5.69 Å². The Labute approximate surface area is 177 Å². The van der Waals surface area contributed by atoms with Crippen LogP contribution in [-0.4, -0.2) is 12.7 Å². The quantitative estimate of drug-likeness (QED) is 0.471. The fraction of sp³-hybridized carbons (Fsp3) is 0.0833. The summed E-state index contributed by atoms with van der Waals surface area (Å²) in [4.78, 5) is 25.7. The summed E-state index contributed by atoms with van der Waals surface area (Å²) in [7, 11) is 0. The molecule has 0 radical (unpaired) electrons. The Morgan fingerprint density at radius 3 is 2.52 bits per heavy atom. The number of para-hydroxylation sites is 1. The van der Waals surface area contributed by atoms with Crippen molar-refractivity contribution in [1.82, 2.24) is 0 Å². The third-order valence-electron chi connectivity index (χ3n) is 5.00. The second kappa shape index (κ2) is 7.87. The lowest BCUT2D eigenvalue weighted by Gasteiger charge is -2.15. The molecule has 2 N–H and O–H groups in total. The van der Waals surface area contributed by atoms with E-state index in [1.54, 1.807) is 30.3 Å². The highest BCUT2D eigenvalue weighted by molar-refractivity contribution is 6.08. The molecular formula is C24H18N2O5. The molecular weight excluding hydrogens is 396 g/mol. The van der Waals surface area contributed by atoms with Crippen molar-refractivity contribution in [1.29, 1.82) is 0 Å². The first-order valence-electron chi connectivity index (χ1n) is 9.74. The van der Waals surface area contributed by atoms with Gasteiger partial charge in [0.25, 0.3) is 5.91 Å². The maximum atomic E-state index is 12.9. The van der Waals surface area contributed by atoms with E-state index in [4.69, 9.17) is 13.9 Å². The van der Waals surface area contributed by atoms with E-state index < -0.39 is 11.5 Å². The first-order chi connectivity index (χ1) is 15.2. The van der Waals surface area contributed by atoms with E-state index in [0.29, 0.717) is 40.3 Å². The van der Waals surface area contributed by atoms with Crippen LogP contribution in [0.15, 0.2) is 82.0 Å². The number of ether oxygens (including phenoxy) is 2. The predicted molar refractivity (Wildman–Crippen MR) is 117 cm³/mol. The molecule has 0 spiro atoms. The summed E-state index contributed by atoms with van der Waals surface area (Å²) in [6, 6.07) is 21.8. The summed E-state index contributed by atoms with van der Waals surface area (Å²) in [6.07, 6.45) is 0. The minimum atomic E-state index is -0.636. The molecule has 1 amide bonds. The third kappa shape index (κ3) is 3.69. The summed E-state index contributed by atoms with van der Waals surface area (Å²) in [5.41, 5.74) is 1.73. The number of hydrogen-bond acceptors (Lipinski definition) is 6. The van der Waals surface area contributed by atoms with Crippen LogP contribution in [0, 0.1) is 0 Å².